The highest BCUT2D eigenvalue weighted by molar-refractivity contribution is 7.10. The smallest absolute Gasteiger partial charge is 0.0479 e. The molecule has 0 aliphatic heterocycles. The molecule has 2 rings (SSSR count). The lowest BCUT2D eigenvalue weighted by atomic mass is 9.98. The monoisotopic (exact) mass is 260 g/mol. The minimum Gasteiger partial charge on any atom is -0.396 e. The number of aliphatic hydroxyl groups excluding tert-OH is 1. The van der Waals surface area contributed by atoms with E-state index < -0.39 is 0 Å². The van der Waals surface area contributed by atoms with Crippen LogP contribution in [0.15, 0.2) is 23.6 Å². The van der Waals surface area contributed by atoms with E-state index >= 15 is 0 Å². The molecule has 0 aliphatic rings. The zero-order valence-electron chi connectivity index (χ0n) is 11.3. The van der Waals surface area contributed by atoms with Crippen molar-refractivity contribution in [1.82, 2.24) is 0 Å². The van der Waals surface area contributed by atoms with E-state index in [1.807, 2.05) is 0 Å². The summed E-state index contributed by atoms with van der Waals surface area (Å²) < 4.78 is 0. The van der Waals surface area contributed by atoms with Crippen LogP contribution in [0, 0.1) is 20.8 Å². The van der Waals surface area contributed by atoms with Crippen molar-refractivity contribution in [2.45, 2.75) is 33.6 Å². The third-order valence-electron chi connectivity index (χ3n) is 3.46. The van der Waals surface area contributed by atoms with Crippen molar-refractivity contribution in [2.75, 3.05) is 6.61 Å². The van der Waals surface area contributed by atoms with Crippen LogP contribution < -0.4 is 0 Å². The quantitative estimate of drug-likeness (QED) is 0.886. The number of hydrogen-bond donors (Lipinski definition) is 1. The van der Waals surface area contributed by atoms with Gasteiger partial charge in [-0.05, 0) is 54.8 Å². The summed E-state index contributed by atoms with van der Waals surface area (Å²) in [6, 6.07) is 6.65. The molecule has 0 spiro atoms. The summed E-state index contributed by atoms with van der Waals surface area (Å²) in [6.45, 7) is 6.72. The molecule has 0 atom stereocenters. The predicted octanol–water partition coefficient (Wildman–Crippen LogP) is 3.80. The Hall–Kier alpha value is -1.12. The maximum absolute atomic E-state index is 9.02. The van der Waals surface area contributed by atoms with Crippen molar-refractivity contribution in [3.8, 4) is 0 Å². The molecule has 0 unspecified atom stereocenters. The van der Waals surface area contributed by atoms with Gasteiger partial charge in [-0.2, -0.15) is 0 Å². The van der Waals surface area contributed by atoms with Gasteiger partial charge in [-0.15, -0.1) is 11.3 Å². The van der Waals surface area contributed by atoms with Gasteiger partial charge in [0.1, 0.15) is 0 Å². The van der Waals surface area contributed by atoms with Crippen LogP contribution in [0.25, 0.3) is 0 Å². The summed E-state index contributed by atoms with van der Waals surface area (Å²) >= 11 is 1.77. The van der Waals surface area contributed by atoms with Crippen LogP contribution in [0.5, 0.6) is 0 Å². The second-order valence-corrected chi connectivity index (χ2v) is 5.85. The van der Waals surface area contributed by atoms with E-state index in [4.69, 9.17) is 5.11 Å². The first-order valence-electron chi connectivity index (χ1n) is 6.34. The van der Waals surface area contributed by atoms with Crippen molar-refractivity contribution in [2.24, 2.45) is 0 Å². The van der Waals surface area contributed by atoms with Gasteiger partial charge < -0.3 is 5.11 Å². The molecule has 0 saturated carbocycles. The average molecular weight is 260 g/mol. The Morgan fingerprint density at radius 1 is 1.11 bits per heavy atom. The van der Waals surface area contributed by atoms with Crippen LogP contribution >= 0.6 is 11.3 Å². The van der Waals surface area contributed by atoms with Crippen LogP contribution in [0.2, 0.25) is 0 Å². The van der Waals surface area contributed by atoms with E-state index in [-0.39, 0.29) is 6.61 Å². The molecule has 0 aliphatic carbocycles. The first kappa shape index (κ1) is 13.3. The second kappa shape index (κ2) is 5.68. The zero-order chi connectivity index (χ0) is 13.1. The number of hydrogen-bond acceptors (Lipinski definition) is 2. The molecule has 1 aromatic carbocycles. The lowest BCUT2D eigenvalue weighted by molar-refractivity contribution is 0.300. The molecule has 0 fully saturated rings. The highest BCUT2D eigenvalue weighted by Gasteiger charge is 2.09. The van der Waals surface area contributed by atoms with Gasteiger partial charge in [0.25, 0.3) is 0 Å². The van der Waals surface area contributed by atoms with Gasteiger partial charge in [0.05, 0.1) is 0 Å². The summed E-state index contributed by atoms with van der Waals surface area (Å²) in [6.07, 6.45) is 1.78. The summed E-state index contributed by atoms with van der Waals surface area (Å²) in [7, 11) is 0. The molecule has 1 nitrogen and oxygen atoms in total. The van der Waals surface area contributed by atoms with Crippen LogP contribution in [0.3, 0.4) is 0 Å². The number of aliphatic hydroxyl groups is 1. The van der Waals surface area contributed by atoms with E-state index in [1.165, 1.54) is 32.7 Å². The molecule has 2 heteroatoms. The third kappa shape index (κ3) is 2.82. The molecule has 0 bridgehead atoms. The van der Waals surface area contributed by atoms with Gasteiger partial charge in [-0.25, -0.2) is 0 Å². The molecule has 0 saturated heterocycles. The van der Waals surface area contributed by atoms with Gasteiger partial charge in [-0.3, -0.25) is 0 Å². The minimum absolute atomic E-state index is 0.240. The van der Waals surface area contributed by atoms with E-state index in [0.717, 1.165) is 12.8 Å². The van der Waals surface area contributed by atoms with E-state index in [2.05, 4.69) is 44.4 Å². The normalized spacial score (nSPS) is 10.9. The zero-order valence-corrected chi connectivity index (χ0v) is 12.1. The van der Waals surface area contributed by atoms with Gasteiger partial charge in [0.2, 0.25) is 0 Å². The van der Waals surface area contributed by atoms with Crippen molar-refractivity contribution in [3.63, 3.8) is 0 Å². The van der Waals surface area contributed by atoms with Gasteiger partial charge in [0.15, 0.2) is 0 Å². The lowest BCUT2D eigenvalue weighted by Gasteiger charge is -2.07. The van der Waals surface area contributed by atoms with E-state index in [9.17, 15) is 0 Å². The van der Waals surface area contributed by atoms with Crippen LogP contribution in [0.1, 0.15) is 32.7 Å². The Bertz CT molecular complexity index is 540. The summed E-state index contributed by atoms with van der Waals surface area (Å²) in [5, 5.41) is 11.3. The summed E-state index contributed by atoms with van der Waals surface area (Å²) in [5.74, 6) is 0. The van der Waals surface area contributed by atoms with Crippen molar-refractivity contribution in [1.29, 1.82) is 0 Å². The molecule has 96 valence electrons. The van der Waals surface area contributed by atoms with Gasteiger partial charge in [0, 0.05) is 17.9 Å². The van der Waals surface area contributed by atoms with E-state index in [1.54, 1.807) is 11.3 Å². The van der Waals surface area contributed by atoms with Crippen molar-refractivity contribution < 1.29 is 5.11 Å². The SMILES string of the molecule is Cc1ccc(Cc2csc(CCO)c2C)c(C)c1. The Balaban J connectivity index is 2.23. The topological polar surface area (TPSA) is 20.2 Å². The molecule has 2 aromatic rings. The largest absolute Gasteiger partial charge is 0.396 e. The second-order valence-electron chi connectivity index (χ2n) is 4.89. The molecular formula is C16H20OS. The number of rotatable bonds is 4. The Morgan fingerprint density at radius 3 is 2.56 bits per heavy atom. The molecule has 0 amide bonds. The molecule has 18 heavy (non-hydrogen) atoms. The molecule has 1 heterocycles. The Morgan fingerprint density at radius 2 is 1.89 bits per heavy atom. The summed E-state index contributed by atoms with van der Waals surface area (Å²) in [4.78, 5) is 1.32. The third-order valence-corrected chi connectivity index (χ3v) is 4.66. The number of benzene rings is 1. The van der Waals surface area contributed by atoms with Gasteiger partial charge >= 0.3 is 0 Å². The predicted molar refractivity (Wildman–Crippen MR) is 78.6 cm³/mol. The maximum Gasteiger partial charge on any atom is 0.0479 e. The van der Waals surface area contributed by atoms with Crippen LogP contribution in [-0.2, 0) is 12.8 Å². The lowest BCUT2D eigenvalue weighted by Crippen LogP contribution is -1.95. The minimum atomic E-state index is 0.240. The Kier molecular flexibility index (Phi) is 4.20. The maximum atomic E-state index is 9.02. The van der Waals surface area contributed by atoms with Crippen molar-refractivity contribution in [3.05, 3.63) is 56.3 Å². The fourth-order valence-electron chi connectivity index (χ4n) is 2.27. The van der Waals surface area contributed by atoms with Crippen LogP contribution in [-0.4, -0.2) is 11.7 Å². The fraction of sp³-hybridized carbons (Fsp3) is 0.375. The Labute approximate surface area is 113 Å². The van der Waals surface area contributed by atoms with Crippen molar-refractivity contribution >= 4 is 11.3 Å². The highest BCUT2D eigenvalue weighted by atomic mass is 32.1. The van der Waals surface area contributed by atoms with Crippen LogP contribution in [0.4, 0.5) is 0 Å². The molecule has 0 radical (unpaired) electrons. The number of aryl methyl sites for hydroxylation is 2. The standard InChI is InChI=1S/C16H20OS/c1-11-4-5-14(12(2)8-11)9-15-10-18-16(6-7-17)13(15)3/h4-5,8,10,17H,6-7,9H2,1-3H3. The number of thiophene rings is 1. The molecule has 1 aromatic heterocycles. The first-order chi connectivity index (χ1) is 8.61. The van der Waals surface area contributed by atoms with E-state index in [0.29, 0.717) is 0 Å². The molecule has 1 N–H and O–H groups in total. The fourth-order valence-corrected chi connectivity index (χ4v) is 3.33. The van der Waals surface area contributed by atoms with Gasteiger partial charge in [-0.1, -0.05) is 23.8 Å². The highest BCUT2D eigenvalue weighted by Crippen LogP contribution is 2.25. The first-order valence-corrected chi connectivity index (χ1v) is 7.22. The molecular weight excluding hydrogens is 240 g/mol. The average Bonchev–Trinajstić information content (AvgIpc) is 2.66. The summed E-state index contributed by atoms with van der Waals surface area (Å²) in [5.41, 5.74) is 6.84.